The van der Waals surface area contributed by atoms with E-state index in [4.69, 9.17) is 10.5 Å². The molecule has 0 aromatic heterocycles. The molecule has 2 aliphatic rings. The van der Waals surface area contributed by atoms with Gasteiger partial charge in [0.05, 0.1) is 18.8 Å². The molecular formula is C22H32ClF3N4O3. The van der Waals surface area contributed by atoms with Crippen molar-refractivity contribution in [2.75, 3.05) is 32.8 Å². The molecule has 1 aliphatic heterocycles. The lowest BCUT2D eigenvalue weighted by Gasteiger charge is -2.31. The number of amides is 2. The summed E-state index contributed by atoms with van der Waals surface area (Å²) in [6.45, 7) is 2.53. The van der Waals surface area contributed by atoms with E-state index in [0.29, 0.717) is 57.2 Å². The van der Waals surface area contributed by atoms with E-state index in [2.05, 4.69) is 10.7 Å². The third-order valence-electron chi connectivity index (χ3n) is 6.16. The maximum absolute atomic E-state index is 13.1. The van der Waals surface area contributed by atoms with Crippen molar-refractivity contribution in [1.29, 1.82) is 0 Å². The number of nitrogens with two attached hydrogens (primary N) is 1. The second kappa shape index (κ2) is 12.5. The van der Waals surface area contributed by atoms with E-state index in [9.17, 15) is 22.8 Å². The Morgan fingerprint density at radius 3 is 2.42 bits per heavy atom. The Hall–Kier alpha value is -1.88. The molecule has 0 bridgehead atoms. The number of hydrogen-bond donors (Lipinski definition) is 3. The minimum atomic E-state index is -4.48. The normalized spacial score (nSPS) is 22.7. The lowest BCUT2D eigenvalue weighted by Crippen LogP contribution is -2.56. The number of nitrogens with zero attached hydrogens (tertiary/aromatic N) is 1. The second-order valence-corrected chi connectivity index (χ2v) is 8.49. The lowest BCUT2D eigenvalue weighted by atomic mass is 9.81. The number of nitrogens with one attached hydrogen (secondary N) is 2. The molecule has 1 aliphatic carbocycles. The quantitative estimate of drug-likeness (QED) is 0.542. The van der Waals surface area contributed by atoms with Gasteiger partial charge in [-0.25, -0.2) is 5.01 Å². The van der Waals surface area contributed by atoms with Crippen molar-refractivity contribution in [2.24, 2.45) is 17.6 Å². The minimum Gasteiger partial charge on any atom is -0.379 e. The largest absolute Gasteiger partial charge is 0.416 e. The molecule has 0 unspecified atom stereocenters. The van der Waals surface area contributed by atoms with E-state index in [1.807, 2.05) is 0 Å². The van der Waals surface area contributed by atoms with Gasteiger partial charge >= 0.3 is 6.18 Å². The monoisotopic (exact) mass is 492 g/mol. The van der Waals surface area contributed by atoms with Crippen LogP contribution in [0.15, 0.2) is 24.3 Å². The molecule has 33 heavy (non-hydrogen) atoms. The van der Waals surface area contributed by atoms with Crippen molar-refractivity contribution in [2.45, 2.75) is 44.3 Å². The van der Waals surface area contributed by atoms with Gasteiger partial charge in [0, 0.05) is 25.4 Å². The SMILES string of the molecule is Cl.NCC1CCC(C(=O)N[C@@H](Cc2cccc(C(F)(F)F)c2)C(=O)NN2CCOCC2)CC1. The minimum absolute atomic E-state index is 0. The van der Waals surface area contributed by atoms with Gasteiger partial charge in [0.1, 0.15) is 6.04 Å². The molecule has 0 spiro atoms. The summed E-state index contributed by atoms with van der Waals surface area (Å²) < 4.78 is 44.6. The lowest BCUT2D eigenvalue weighted by molar-refractivity contribution is -0.137. The first kappa shape index (κ1) is 27.4. The van der Waals surface area contributed by atoms with Gasteiger partial charge in [0.2, 0.25) is 5.91 Å². The molecule has 1 heterocycles. The van der Waals surface area contributed by atoms with Gasteiger partial charge in [-0.3, -0.25) is 15.0 Å². The van der Waals surface area contributed by atoms with Crippen molar-refractivity contribution >= 4 is 24.2 Å². The Morgan fingerprint density at radius 2 is 1.82 bits per heavy atom. The summed E-state index contributed by atoms with van der Waals surface area (Å²) in [5.41, 5.74) is 8.03. The molecule has 186 valence electrons. The van der Waals surface area contributed by atoms with Crippen LogP contribution in [0.4, 0.5) is 13.2 Å². The Labute approximate surface area is 198 Å². The van der Waals surface area contributed by atoms with Gasteiger partial charge in [0.25, 0.3) is 5.91 Å². The number of carbonyl (C=O) groups excluding carboxylic acids is 2. The summed E-state index contributed by atoms with van der Waals surface area (Å²) in [7, 11) is 0. The van der Waals surface area contributed by atoms with Crippen LogP contribution >= 0.6 is 12.4 Å². The van der Waals surface area contributed by atoms with Crippen LogP contribution < -0.4 is 16.5 Å². The summed E-state index contributed by atoms with van der Waals surface area (Å²) in [5, 5.41) is 4.49. The molecule has 4 N–H and O–H groups in total. The van der Waals surface area contributed by atoms with Crippen LogP contribution in [0.2, 0.25) is 0 Å². The molecule has 2 amide bonds. The van der Waals surface area contributed by atoms with Gasteiger partial charge in [0.15, 0.2) is 0 Å². The van der Waals surface area contributed by atoms with Gasteiger partial charge < -0.3 is 15.8 Å². The van der Waals surface area contributed by atoms with E-state index >= 15 is 0 Å². The van der Waals surface area contributed by atoms with Crippen molar-refractivity contribution in [3.05, 3.63) is 35.4 Å². The zero-order chi connectivity index (χ0) is 23.1. The van der Waals surface area contributed by atoms with E-state index in [1.165, 1.54) is 12.1 Å². The smallest absolute Gasteiger partial charge is 0.379 e. The zero-order valence-corrected chi connectivity index (χ0v) is 19.2. The molecule has 2 fully saturated rings. The van der Waals surface area contributed by atoms with Crippen LogP contribution in [0.3, 0.4) is 0 Å². The summed E-state index contributed by atoms with van der Waals surface area (Å²) in [6, 6.07) is 3.86. The summed E-state index contributed by atoms with van der Waals surface area (Å²) in [5.74, 6) is -0.509. The molecule has 1 saturated heterocycles. The molecule has 1 atom stereocenters. The number of morpholine rings is 1. The van der Waals surface area contributed by atoms with E-state index in [0.717, 1.165) is 25.0 Å². The van der Waals surface area contributed by atoms with Crippen LogP contribution in [0.25, 0.3) is 0 Å². The van der Waals surface area contributed by atoms with Crippen LogP contribution in [0.1, 0.15) is 36.8 Å². The molecule has 1 aromatic carbocycles. The first-order valence-electron chi connectivity index (χ1n) is 11.1. The summed E-state index contributed by atoms with van der Waals surface area (Å²) in [4.78, 5) is 25.8. The molecule has 0 radical (unpaired) electrons. The average molecular weight is 493 g/mol. The molecule has 11 heteroatoms. The van der Waals surface area contributed by atoms with Crippen molar-refractivity contribution in [1.82, 2.24) is 15.8 Å². The van der Waals surface area contributed by atoms with Crippen LogP contribution in [-0.2, 0) is 26.9 Å². The fraction of sp³-hybridized carbons (Fsp3) is 0.636. The summed E-state index contributed by atoms with van der Waals surface area (Å²) in [6.07, 6.45) is -1.43. The Kier molecular flexibility index (Phi) is 10.4. The third-order valence-corrected chi connectivity index (χ3v) is 6.16. The molecule has 3 rings (SSSR count). The number of benzene rings is 1. The number of carbonyl (C=O) groups is 2. The highest BCUT2D eigenvalue weighted by Crippen LogP contribution is 2.30. The van der Waals surface area contributed by atoms with Gasteiger partial charge in [-0.1, -0.05) is 18.2 Å². The fourth-order valence-electron chi connectivity index (χ4n) is 4.18. The highest BCUT2D eigenvalue weighted by Gasteiger charge is 2.32. The molecule has 1 saturated carbocycles. The molecule has 7 nitrogen and oxygen atoms in total. The molecule has 1 aromatic rings. The van der Waals surface area contributed by atoms with E-state index < -0.39 is 23.7 Å². The van der Waals surface area contributed by atoms with Crippen LogP contribution in [-0.4, -0.2) is 55.7 Å². The zero-order valence-electron chi connectivity index (χ0n) is 18.4. The maximum atomic E-state index is 13.1. The van der Waals surface area contributed by atoms with Gasteiger partial charge in [-0.15, -0.1) is 12.4 Å². The number of ether oxygens (including phenoxy) is 1. The van der Waals surface area contributed by atoms with Crippen molar-refractivity contribution in [3.8, 4) is 0 Å². The highest BCUT2D eigenvalue weighted by atomic mass is 35.5. The van der Waals surface area contributed by atoms with E-state index in [1.54, 1.807) is 5.01 Å². The predicted molar refractivity (Wildman–Crippen MR) is 119 cm³/mol. The molecular weight excluding hydrogens is 461 g/mol. The average Bonchev–Trinajstić information content (AvgIpc) is 2.79. The first-order chi connectivity index (χ1) is 15.3. The fourth-order valence-corrected chi connectivity index (χ4v) is 4.18. The predicted octanol–water partition coefficient (Wildman–Crippen LogP) is 2.28. The number of halogens is 4. The maximum Gasteiger partial charge on any atom is 0.416 e. The standard InChI is InChI=1S/C22H31F3N4O3.ClH/c23-22(24,25)18-3-1-2-16(12-18)13-19(21(31)28-29-8-10-32-11-9-29)27-20(30)17-6-4-15(14-26)5-7-17;/h1-3,12,15,17,19H,4-11,13-14,26H2,(H,27,30)(H,28,31);1H/t15?,17?,19-;/m0./s1. The van der Waals surface area contributed by atoms with Crippen LogP contribution in [0, 0.1) is 11.8 Å². The summed E-state index contributed by atoms with van der Waals surface area (Å²) >= 11 is 0. The third kappa shape index (κ3) is 8.13. The number of rotatable bonds is 7. The van der Waals surface area contributed by atoms with Crippen molar-refractivity contribution < 1.29 is 27.5 Å². The topological polar surface area (TPSA) is 96.7 Å². The van der Waals surface area contributed by atoms with Crippen molar-refractivity contribution in [3.63, 3.8) is 0 Å². The Morgan fingerprint density at radius 1 is 1.15 bits per heavy atom. The van der Waals surface area contributed by atoms with Gasteiger partial charge in [-0.05, 0) is 49.8 Å². The van der Waals surface area contributed by atoms with Crippen LogP contribution in [0.5, 0.6) is 0 Å². The van der Waals surface area contributed by atoms with Gasteiger partial charge in [-0.2, -0.15) is 13.2 Å². The first-order valence-corrected chi connectivity index (χ1v) is 11.1. The Balaban J connectivity index is 0.00000385. The number of hydrogen-bond acceptors (Lipinski definition) is 5. The number of alkyl halides is 3. The second-order valence-electron chi connectivity index (χ2n) is 8.49. The number of hydrazine groups is 1. The van der Waals surface area contributed by atoms with E-state index in [-0.39, 0.29) is 30.7 Å². The highest BCUT2D eigenvalue weighted by molar-refractivity contribution is 5.88. The Bertz CT molecular complexity index is 782.